The second-order valence-electron chi connectivity index (χ2n) is 7.97. The summed E-state index contributed by atoms with van der Waals surface area (Å²) in [6.45, 7) is 14.2. The minimum absolute atomic E-state index is 0.270. The summed E-state index contributed by atoms with van der Waals surface area (Å²) in [6, 6.07) is 0.523. The van der Waals surface area contributed by atoms with E-state index in [1.54, 1.807) is 0 Å². The van der Waals surface area contributed by atoms with Gasteiger partial charge in [-0.3, -0.25) is 9.89 Å². The molecule has 0 aromatic carbocycles. The Hall–Kier alpha value is -0.500. The molecule has 2 fully saturated rings. The number of guanidine groups is 1. The van der Waals surface area contributed by atoms with Crippen molar-refractivity contribution in [2.24, 2.45) is 10.9 Å². The molecule has 2 saturated heterocycles. The molecule has 2 N–H and O–H groups in total. The molecule has 1 atom stereocenters. The number of ether oxygens (including phenoxy) is 2. The van der Waals surface area contributed by atoms with Crippen molar-refractivity contribution in [3.63, 3.8) is 0 Å². The van der Waals surface area contributed by atoms with E-state index in [4.69, 9.17) is 9.47 Å². The summed E-state index contributed by atoms with van der Waals surface area (Å²) < 4.78 is 11.4. The maximum absolute atomic E-state index is 5.58. The van der Waals surface area contributed by atoms with Crippen LogP contribution in [0, 0.1) is 5.92 Å². The highest BCUT2D eigenvalue weighted by molar-refractivity contribution is 8.00. The van der Waals surface area contributed by atoms with E-state index in [0.29, 0.717) is 12.0 Å². The molecule has 158 valence electrons. The average Bonchev–Trinajstić information content (AvgIpc) is 2.68. The van der Waals surface area contributed by atoms with Gasteiger partial charge in [-0.25, -0.2) is 0 Å². The Kier molecular flexibility index (Phi) is 10.2. The predicted octanol–water partition coefficient (Wildman–Crippen LogP) is 2.20. The third-order valence-corrected chi connectivity index (χ3v) is 6.92. The maximum Gasteiger partial charge on any atom is 0.191 e. The minimum atomic E-state index is 0.270. The van der Waals surface area contributed by atoms with E-state index in [2.05, 4.69) is 53.1 Å². The number of hydrogen-bond acceptors (Lipinski definition) is 5. The lowest BCUT2D eigenvalue weighted by Crippen LogP contribution is -2.53. The van der Waals surface area contributed by atoms with E-state index < -0.39 is 0 Å². The van der Waals surface area contributed by atoms with Crippen molar-refractivity contribution in [1.29, 1.82) is 0 Å². The number of rotatable bonds is 9. The standard InChI is InChI=1S/C20H40N4O2S/c1-5-27-20(6-10-25-11-7-20)16-23-19(21-4)22-15-18(14-17(2)3)24-8-12-26-13-9-24/h17-18H,5-16H2,1-4H3,(H2,21,22,23). The molecule has 0 amide bonds. The molecule has 0 bridgehead atoms. The van der Waals surface area contributed by atoms with Crippen LogP contribution in [0.1, 0.15) is 40.0 Å². The molecule has 0 spiro atoms. The Balaban J connectivity index is 1.86. The fourth-order valence-corrected chi connectivity index (χ4v) is 5.19. The van der Waals surface area contributed by atoms with Gasteiger partial charge in [0.15, 0.2) is 5.96 Å². The molecule has 0 saturated carbocycles. The largest absolute Gasteiger partial charge is 0.381 e. The number of hydrogen-bond donors (Lipinski definition) is 2. The molecule has 27 heavy (non-hydrogen) atoms. The third kappa shape index (κ3) is 7.80. The molecular formula is C20H40N4O2S. The monoisotopic (exact) mass is 400 g/mol. The Morgan fingerprint density at radius 2 is 1.78 bits per heavy atom. The molecule has 1 unspecified atom stereocenters. The van der Waals surface area contributed by atoms with E-state index >= 15 is 0 Å². The van der Waals surface area contributed by atoms with Gasteiger partial charge in [0.1, 0.15) is 0 Å². The predicted molar refractivity (Wildman–Crippen MR) is 116 cm³/mol. The molecule has 0 radical (unpaired) electrons. The van der Waals surface area contributed by atoms with Gasteiger partial charge in [-0.2, -0.15) is 11.8 Å². The van der Waals surface area contributed by atoms with Crippen LogP contribution in [-0.4, -0.2) is 87.1 Å². The van der Waals surface area contributed by atoms with Gasteiger partial charge in [0.2, 0.25) is 0 Å². The lowest BCUT2D eigenvalue weighted by Gasteiger charge is -2.38. The number of aliphatic imine (C=N–C) groups is 1. The highest BCUT2D eigenvalue weighted by Gasteiger charge is 2.32. The third-order valence-electron chi connectivity index (χ3n) is 5.47. The molecule has 0 aliphatic carbocycles. The Labute approximate surface area is 170 Å². The zero-order valence-corrected chi connectivity index (χ0v) is 18.6. The van der Waals surface area contributed by atoms with E-state index in [1.165, 1.54) is 6.42 Å². The molecule has 2 aliphatic rings. The first-order valence-electron chi connectivity index (χ1n) is 10.6. The maximum atomic E-state index is 5.58. The lowest BCUT2D eigenvalue weighted by molar-refractivity contribution is 0.0132. The summed E-state index contributed by atoms with van der Waals surface area (Å²) in [5, 5.41) is 7.18. The van der Waals surface area contributed by atoms with Crippen LogP contribution in [0.2, 0.25) is 0 Å². The Morgan fingerprint density at radius 1 is 1.11 bits per heavy atom. The van der Waals surface area contributed by atoms with Crippen molar-refractivity contribution < 1.29 is 9.47 Å². The summed E-state index contributed by atoms with van der Waals surface area (Å²) in [5.41, 5.74) is 0. The van der Waals surface area contributed by atoms with Crippen molar-refractivity contribution >= 4 is 17.7 Å². The van der Waals surface area contributed by atoms with Gasteiger partial charge in [-0.1, -0.05) is 20.8 Å². The van der Waals surface area contributed by atoms with Crippen molar-refractivity contribution in [3.05, 3.63) is 0 Å². The molecule has 6 nitrogen and oxygen atoms in total. The normalized spacial score (nSPS) is 22.6. The second kappa shape index (κ2) is 12.1. The van der Waals surface area contributed by atoms with Gasteiger partial charge < -0.3 is 20.1 Å². The van der Waals surface area contributed by atoms with Crippen molar-refractivity contribution in [3.8, 4) is 0 Å². The molecule has 2 rings (SSSR count). The van der Waals surface area contributed by atoms with Crippen molar-refractivity contribution in [2.45, 2.75) is 50.8 Å². The molecule has 2 heterocycles. The summed E-state index contributed by atoms with van der Waals surface area (Å²) >= 11 is 2.06. The first kappa shape index (κ1) is 22.8. The summed E-state index contributed by atoms with van der Waals surface area (Å²) in [7, 11) is 1.87. The van der Waals surface area contributed by atoms with Crippen molar-refractivity contribution in [2.75, 3.05) is 65.4 Å². The van der Waals surface area contributed by atoms with Crippen LogP contribution < -0.4 is 10.6 Å². The number of thioether (sulfide) groups is 1. The zero-order chi connectivity index (χ0) is 19.5. The smallest absolute Gasteiger partial charge is 0.191 e. The van der Waals surface area contributed by atoms with Crippen LogP contribution in [0.3, 0.4) is 0 Å². The van der Waals surface area contributed by atoms with E-state index in [9.17, 15) is 0 Å². The number of nitrogens with one attached hydrogen (secondary N) is 2. The molecule has 2 aliphatic heterocycles. The zero-order valence-electron chi connectivity index (χ0n) is 17.8. The van der Waals surface area contributed by atoms with Crippen LogP contribution in [0.25, 0.3) is 0 Å². The van der Waals surface area contributed by atoms with E-state index in [-0.39, 0.29) is 4.75 Å². The van der Waals surface area contributed by atoms with Crippen LogP contribution in [0.15, 0.2) is 4.99 Å². The summed E-state index contributed by atoms with van der Waals surface area (Å²) in [6.07, 6.45) is 3.41. The van der Waals surface area contributed by atoms with E-state index in [1.807, 2.05) is 7.05 Å². The van der Waals surface area contributed by atoms with Crippen LogP contribution in [0.5, 0.6) is 0 Å². The second-order valence-corrected chi connectivity index (χ2v) is 9.70. The van der Waals surface area contributed by atoms with Gasteiger partial charge in [0.25, 0.3) is 0 Å². The SMILES string of the molecule is CCSC1(CNC(=NC)NCC(CC(C)C)N2CCOCC2)CCOCC1. The fourth-order valence-electron chi connectivity index (χ4n) is 3.95. The number of morpholine rings is 1. The summed E-state index contributed by atoms with van der Waals surface area (Å²) in [5.74, 6) is 2.74. The molecular weight excluding hydrogens is 360 g/mol. The topological polar surface area (TPSA) is 58.1 Å². The van der Waals surface area contributed by atoms with Gasteiger partial charge >= 0.3 is 0 Å². The highest BCUT2D eigenvalue weighted by atomic mass is 32.2. The van der Waals surface area contributed by atoms with Gasteiger partial charge in [-0.15, -0.1) is 0 Å². The quantitative estimate of drug-likeness (QED) is 0.457. The Morgan fingerprint density at radius 3 is 2.37 bits per heavy atom. The van der Waals surface area contributed by atoms with E-state index in [0.717, 1.165) is 77.2 Å². The van der Waals surface area contributed by atoms with Crippen LogP contribution >= 0.6 is 11.8 Å². The average molecular weight is 401 g/mol. The fraction of sp³-hybridized carbons (Fsp3) is 0.950. The highest BCUT2D eigenvalue weighted by Crippen LogP contribution is 2.34. The van der Waals surface area contributed by atoms with Gasteiger partial charge in [0.05, 0.1) is 13.2 Å². The van der Waals surface area contributed by atoms with Crippen LogP contribution in [0.4, 0.5) is 0 Å². The molecule has 0 aromatic heterocycles. The molecule has 0 aromatic rings. The first-order valence-corrected chi connectivity index (χ1v) is 11.5. The number of nitrogens with zero attached hydrogens (tertiary/aromatic N) is 2. The Bertz CT molecular complexity index is 430. The lowest BCUT2D eigenvalue weighted by atomic mass is 9.99. The minimum Gasteiger partial charge on any atom is -0.381 e. The molecule has 7 heteroatoms. The van der Waals surface area contributed by atoms with Crippen molar-refractivity contribution in [1.82, 2.24) is 15.5 Å². The van der Waals surface area contributed by atoms with Crippen LogP contribution in [-0.2, 0) is 9.47 Å². The summed E-state index contributed by atoms with van der Waals surface area (Å²) in [4.78, 5) is 7.04. The van der Waals surface area contributed by atoms with Gasteiger partial charge in [-0.05, 0) is 30.9 Å². The van der Waals surface area contributed by atoms with Gasteiger partial charge in [0, 0.05) is 57.2 Å². The first-order chi connectivity index (χ1) is 13.1.